The number of likely N-dealkylation sites (N-methyl/N-ethyl adjacent to an activating group) is 1. The van der Waals surface area contributed by atoms with Crippen LogP contribution in [0.2, 0.25) is 0 Å². The number of fused-ring (bicyclic) bond motifs is 1. The number of hydrogen-bond acceptors (Lipinski definition) is 7. The molecule has 4 atom stereocenters. The summed E-state index contributed by atoms with van der Waals surface area (Å²) in [7, 11) is 1.66. The summed E-state index contributed by atoms with van der Waals surface area (Å²) < 4.78 is 5.01. The highest BCUT2D eigenvalue weighted by atomic mass is 16.6. The number of cyclic esters (lactones) is 1. The molecule has 4 amide bonds. The van der Waals surface area contributed by atoms with Crippen molar-refractivity contribution in [3.8, 4) is 0 Å². The first kappa shape index (κ1) is 27.4. The van der Waals surface area contributed by atoms with Crippen molar-refractivity contribution >= 4 is 41.0 Å². The Hall–Kier alpha value is -3.60. The van der Waals surface area contributed by atoms with Crippen molar-refractivity contribution in [3.05, 3.63) is 29.8 Å². The quantitative estimate of drug-likeness (QED) is 0.457. The van der Waals surface area contributed by atoms with Gasteiger partial charge in [0.05, 0.1) is 6.04 Å². The van der Waals surface area contributed by atoms with Gasteiger partial charge < -0.3 is 25.6 Å². The molecule has 0 aromatic heterocycles. The van der Waals surface area contributed by atoms with Crippen LogP contribution in [0, 0.1) is 0 Å². The third kappa shape index (κ3) is 6.45. The number of carbonyl (C=O) groups excluding carboxylic acids is 5. The average molecular weight is 526 g/mol. The summed E-state index contributed by atoms with van der Waals surface area (Å²) >= 11 is 0. The first-order chi connectivity index (χ1) is 18.3. The van der Waals surface area contributed by atoms with Gasteiger partial charge in [-0.1, -0.05) is 18.6 Å². The number of anilines is 1. The molecule has 4 rings (SSSR count). The average Bonchev–Trinajstić information content (AvgIpc) is 3.53. The summed E-state index contributed by atoms with van der Waals surface area (Å²) in [6.45, 7) is 1.90. The molecule has 0 bridgehead atoms. The lowest BCUT2D eigenvalue weighted by molar-refractivity contribution is -0.146. The first-order valence-corrected chi connectivity index (χ1v) is 13.2. The van der Waals surface area contributed by atoms with Crippen LogP contribution in [0.5, 0.6) is 0 Å². The van der Waals surface area contributed by atoms with Crippen LogP contribution in [0.1, 0.15) is 63.9 Å². The van der Waals surface area contributed by atoms with Gasteiger partial charge in [0.2, 0.25) is 5.91 Å². The normalized spacial score (nSPS) is 25.3. The Balaban J connectivity index is 1.40. The maximum atomic E-state index is 13.5. The van der Waals surface area contributed by atoms with E-state index in [0.29, 0.717) is 24.9 Å². The van der Waals surface area contributed by atoms with Gasteiger partial charge in [0.1, 0.15) is 11.8 Å². The fraction of sp³-hybridized carbons (Fsp3) is 0.556. The fourth-order valence-corrected chi connectivity index (χ4v) is 5.12. The molecule has 3 aliphatic heterocycles. The second kappa shape index (κ2) is 12.3. The van der Waals surface area contributed by atoms with E-state index in [4.69, 9.17) is 4.74 Å². The summed E-state index contributed by atoms with van der Waals surface area (Å²) in [6.07, 6.45) is 3.98. The number of hydrogen-bond donors (Lipinski definition) is 3. The summed E-state index contributed by atoms with van der Waals surface area (Å²) in [5.41, 5.74) is 1.52. The zero-order valence-corrected chi connectivity index (χ0v) is 21.8. The van der Waals surface area contributed by atoms with Crippen molar-refractivity contribution < 1.29 is 28.7 Å². The van der Waals surface area contributed by atoms with Crippen molar-refractivity contribution in [2.24, 2.45) is 4.99 Å². The van der Waals surface area contributed by atoms with Crippen molar-refractivity contribution in [2.45, 2.75) is 89.1 Å². The zero-order valence-electron chi connectivity index (χ0n) is 21.8. The van der Waals surface area contributed by atoms with Crippen LogP contribution in [0.3, 0.4) is 0 Å². The Bertz CT molecular complexity index is 1130. The van der Waals surface area contributed by atoms with E-state index in [1.807, 2.05) is 6.07 Å². The fourth-order valence-electron chi connectivity index (χ4n) is 5.12. The molecule has 3 aliphatic rings. The summed E-state index contributed by atoms with van der Waals surface area (Å²) in [5, 5.41) is 8.52. The Morgan fingerprint density at radius 3 is 2.63 bits per heavy atom. The van der Waals surface area contributed by atoms with Gasteiger partial charge in [-0.15, -0.1) is 0 Å². The van der Waals surface area contributed by atoms with Crippen LogP contribution in [0.15, 0.2) is 29.3 Å². The van der Waals surface area contributed by atoms with Crippen LogP contribution in [0.4, 0.5) is 5.69 Å². The predicted octanol–water partition coefficient (Wildman–Crippen LogP) is 1.46. The van der Waals surface area contributed by atoms with E-state index in [1.165, 1.54) is 0 Å². The Kier molecular flexibility index (Phi) is 8.88. The van der Waals surface area contributed by atoms with Crippen LogP contribution in [-0.2, 0) is 35.3 Å². The molecule has 0 spiro atoms. The van der Waals surface area contributed by atoms with Crippen LogP contribution < -0.4 is 16.0 Å². The van der Waals surface area contributed by atoms with Gasteiger partial charge in [-0.25, -0.2) is 4.99 Å². The Morgan fingerprint density at radius 1 is 1.08 bits per heavy atom. The first-order valence-electron chi connectivity index (χ1n) is 13.2. The number of benzene rings is 1. The largest absolute Gasteiger partial charge is 0.452 e. The molecule has 3 N–H and O–H groups in total. The van der Waals surface area contributed by atoms with Crippen LogP contribution >= 0.6 is 0 Å². The standard InChI is InChI=1S/C27H35N5O6/c1-16(28-2)24(34)31-20-9-4-3-8-19-10-11-21(32(19)27(20)37)25(35)29-15-17-6-5-7-18(14-17)30-26(36)22-12-13-23(33)38-22/h5-7,14,16,19,21-22,28H,3-4,8-13,15H2,1-2H3,(H,29,35)(H,30,36)/t16-,19-,21-,22+/m0/s1. The molecular formula is C27H35N5O6. The van der Waals surface area contributed by atoms with Gasteiger partial charge in [0.15, 0.2) is 6.10 Å². The van der Waals surface area contributed by atoms with Gasteiger partial charge in [-0.2, -0.15) is 0 Å². The van der Waals surface area contributed by atoms with E-state index in [1.54, 1.807) is 37.1 Å². The van der Waals surface area contributed by atoms with Crippen molar-refractivity contribution in [2.75, 3.05) is 12.4 Å². The number of rotatable bonds is 7. The minimum Gasteiger partial charge on any atom is -0.452 e. The number of amides is 4. The number of nitrogens with one attached hydrogen (secondary N) is 3. The maximum absolute atomic E-state index is 13.5. The third-order valence-electron chi connectivity index (χ3n) is 7.37. The monoisotopic (exact) mass is 525 g/mol. The topological polar surface area (TPSA) is 146 Å². The molecule has 0 saturated carbocycles. The lowest BCUT2D eigenvalue weighted by Crippen LogP contribution is -2.51. The molecule has 3 heterocycles. The highest BCUT2D eigenvalue weighted by molar-refractivity contribution is 6.40. The van der Waals surface area contributed by atoms with Gasteiger partial charge in [0, 0.05) is 31.1 Å². The molecule has 1 aromatic carbocycles. The van der Waals surface area contributed by atoms with E-state index in [0.717, 1.165) is 31.2 Å². The molecule has 3 saturated heterocycles. The molecule has 3 fully saturated rings. The van der Waals surface area contributed by atoms with E-state index in [2.05, 4.69) is 20.9 Å². The number of esters is 1. The lowest BCUT2D eigenvalue weighted by Gasteiger charge is -2.32. The second-order valence-electron chi connectivity index (χ2n) is 10.0. The molecule has 11 nitrogen and oxygen atoms in total. The van der Waals surface area contributed by atoms with E-state index in [-0.39, 0.29) is 48.4 Å². The molecule has 0 radical (unpaired) electrons. The maximum Gasteiger partial charge on any atom is 0.306 e. The molecule has 204 valence electrons. The molecule has 0 aliphatic carbocycles. The van der Waals surface area contributed by atoms with Crippen molar-refractivity contribution in [1.82, 2.24) is 15.5 Å². The molecular weight excluding hydrogens is 490 g/mol. The smallest absolute Gasteiger partial charge is 0.306 e. The summed E-state index contributed by atoms with van der Waals surface area (Å²) in [6, 6.07) is 5.87. The number of aliphatic imine (C=N–C) groups is 1. The number of nitrogens with zero attached hydrogens (tertiary/aromatic N) is 2. The minimum atomic E-state index is -0.790. The van der Waals surface area contributed by atoms with Crippen LogP contribution in [0.25, 0.3) is 0 Å². The second-order valence-corrected chi connectivity index (χ2v) is 10.0. The van der Waals surface area contributed by atoms with Gasteiger partial charge in [-0.05, 0) is 63.8 Å². The zero-order chi connectivity index (χ0) is 27.2. The van der Waals surface area contributed by atoms with E-state index in [9.17, 15) is 24.0 Å². The SMILES string of the molecule is CN[C@@H](C)C(=O)N=C1CCCC[C@H]2CC[C@@H](C(=O)NCc3cccc(NC(=O)[C@H]4CCC(=O)O4)c3)N2C1=O. The van der Waals surface area contributed by atoms with E-state index >= 15 is 0 Å². The highest BCUT2D eigenvalue weighted by Crippen LogP contribution is 2.31. The van der Waals surface area contributed by atoms with Gasteiger partial charge in [-0.3, -0.25) is 24.0 Å². The molecule has 11 heteroatoms. The van der Waals surface area contributed by atoms with Crippen molar-refractivity contribution in [3.63, 3.8) is 0 Å². The van der Waals surface area contributed by atoms with Crippen LogP contribution in [-0.4, -0.2) is 71.5 Å². The molecule has 0 unspecified atom stereocenters. The highest BCUT2D eigenvalue weighted by Gasteiger charge is 2.42. The number of carbonyl (C=O) groups is 5. The van der Waals surface area contributed by atoms with Gasteiger partial charge >= 0.3 is 5.97 Å². The predicted molar refractivity (Wildman–Crippen MR) is 139 cm³/mol. The Morgan fingerprint density at radius 2 is 1.89 bits per heavy atom. The lowest BCUT2D eigenvalue weighted by atomic mass is 10.0. The summed E-state index contributed by atoms with van der Waals surface area (Å²) in [5.74, 6) is -1.76. The van der Waals surface area contributed by atoms with E-state index < -0.39 is 24.1 Å². The number of ether oxygens (including phenoxy) is 1. The Labute approximate surface area is 221 Å². The molecule has 38 heavy (non-hydrogen) atoms. The van der Waals surface area contributed by atoms with Crippen molar-refractivity contribution in [1.29, 1.82) is 0 Å². The minimum absolute atomic E-state index is 0.0520. The third-order valence-corrected chi connectivity index (χ3v) is 7.37. The molecule has 1 aromatic rings. The summed E-state index contributed by atoms with van der Waals surface area (Å²) in [4.78, 5) is 68.5. The van der Waals surface area contributed by atoms with Gasteiger partial charge in [0.25, 0.3) is 17.7 Å².